The van der Waals surface area contributed by atoms with Crippen LogP contribution < -0.4 is 10.6 Å². The van der Waals surface area contributed by atoms with Gasteiger partial charge in [0, 0.05) is 35.3 Å². The third kappa shape index (κ3) is 3.96. The molecule has 6 nitrogen and oxygen atoms in total. The summed E-state index contributed by atoms with van der Waals surface area (Å²) in [5.74, 6) is -0.353. The van der Waals surface area contributed by atoms with Gasteiger partial charge in [-0.05, 0) is 30.9 Å². The largest absolute Gasteiger partial charge is 0.350 e. The Labute approximate surface area is 134 Å². The van der Waals surface area contributed by atoms with Gasteiger partial charge in [-0.15, -0.1) is 0 Å². The maximum atomic E-state index is 12.2. The van der Waals surface area contributed by atoms with Crippen molar-refractivity contribution in [2.45, 2.75) is 32.7 Å². The van der Waals surface area contributed by atoms with E-state index >= 15 is 0 Å². The second-order valence-electron chi connectivity index (χ2n) is 6.26. The first kappa shape index (κ1) is 16.7. The lowest BCUT2D eigenvalue weighted by Gasteiger charge is -2.39. The number of nitrogens with one attached hydrogen (secondary N) is 2. The zero-order valence-electron chi connectivity index (χ0n) is 12.7. The Morgan fingerprint density at radius 1 is 1.50 bits per heavy atom. The fourth-order valence-electron chi connectivity index (χ4n) is 2.73. The van der Waals surface area contributed by atoms with Crippen LogP contribution in [0.1, 0.15) is 37.0 Å². The maximum Gasteiger partial charge on any atom is 0.271 e. The molecule has 0 aromatic heterocycles. The van der Waals surface area contributed by atoms with Gasteiger partial charge in [0.15, 0.2) is 0 Å². The number of nitro benzene ring substituents is 1. The second-order valence-corrected chi connectivity index (χ2v) is 6.70. The normalized spacial score (nSPS) is 20.4. The first-order valence-corrected chi connectivity index (χ1v) is 7.64. The molecule has 1 aromatic rings. The van der Waals surface area contributed by atoms with E-state index in [1.807, 2.05) is 0 Å². The van der Waals surface area contributed by atoms with Crippen molar-refractivity contribution in [2.24, 2.45) is 5.41 Å². The molecule has 1 fully saturated rings. The number of nitro groups is 1. The minimum atomic E-state index is -0.561. The predicted molar refractivity (Wildman–Crippen MR) is 85.2 cm³/mol. The highest BCUT2D eigenvalue weighted by Gasteiger charge is 2.32. The van der Waals surface area contributed by atoms with Crippen molar-refractivity contribution in [1.82, 2.24) is 10.6 Å². The van der Waals surface area contributed by atoms with Gasteiger partial charge in [-0.25, -0.2) is 0 Å². The van der Waals surface area contributed by atoms with E-state index < -0.39 is 4.92 Å². The summed E-state index contributed by atoms with van der Waals surface area (Å²) in [5.41, 5.74) is 0.118. The molecule has 1 atom stereocenters. The molecule has 0 radical (unpaired) electrons. The molecule has 1 saturated heterocycles. The molecule has 22 heavy (non-hydrogen) atoms. The van der Waals surface area contributed by atoms with Gasteiger partial charge in [0.1, 0.15) is 0 Å². The van der Waals surface area contributed by atoms with E-state index in [-0.39, 0.29) is 33.6 Å². The number of carbonyl (C=O) groups is 1. The predicted octanol–water partition coefficient (Wildman–Crippen LogP) is 2.76. The summed E-state index contributed by atoms with van der Waals surface area (Å²) in [4.78, 5) is 22.5. The molecule has 0 aliphatic carbocycles. The molecule has 1 amide bonds. The van der Waals surface area contributed by atoms with Crippen LogP contribution in [0.15, 0.2) is 18.2 Å². The average Bonchev–Trinajstić information content (AvgIpc) is 2.44. The molecule has 1 aromatic carbocycles. The highest BCUT2D eigenvalue weighted by molar-refractivity contribution is 6.31. The molecule has 1 aliphatic rings. The molecule has 0 spiro atoms. The first-order valence-electron chi connectivity index (χ1n) is 7.26. The summed E-state index contributed by atoms with van der Waals surface area (Å²) in [5, 5.41) is 17.2. The molecule has 0 bridgehead atoms. The Bertz CT molecular complexity index is 589. The van der Waals surface area contributed by atoms with Crippen molar-refractivity contribution in [3.05, 3.63) is 38.9 Å². The highest BCUT2D eigenvalue weighted by Crippen LogP contribution is 2.29. The van der Waals surface area contributed by atoms with Gasteiger partial charge in [0.25, 0.3) is 11.6 Å². The Hall–Kier alpha value is -1.66. The summed E-state index contributed by atoms with van der Waals surface area (Å²) in [7, 11) is 0. The number of hydrogen-bond donors (Lipinski definition) is 2. The van der Waals surface area contributed by atoms with Crippen LogP contribution in [0.25, 0.3) is 0 Å². The number of benzene rings is 1. The molecule has 120 valence electrons. The van der Waals surface area contributed by atoms with Gasteiger partial charge in [-0.1, -0.05) is 25.4 Å². The summed E-state index contributed by atoms with van der Waals surface area (Å²) in [6.07, 6.45) is 2.22. The van der Waals surface area contributed by atoms with E-state index in [4.69, 9.17) is 11.6 Å². The third-order valence-electron chi connectivity index (χ3n) is 4.15. The summed E-state index contributed by atoms with van der Waals surface area (Å²) >= 11 is 5.84. The Morgan fingerprint density at radius 3 is 2.86 bits per heavy atom. The number of piperidine rings is 1. The first-order chi connectivity index (χ1) is 10.3. The van der Waals surface area contributed by atoms with Crippen molar-refractivity contribution >= 4 is 23.2 Å². The molecule has 2 N–H and O–H groups in total. The summed E-state index contributed by atoms with van der Waals surface area (Å²) in [6, 6.07) is 4.08. The lowest BCUT2D eigenvalue weighted by Crippen LogP contribution is -2.52. The minimum Gasteiger partial charge on any atom is -0.350 e. The number of amides is 1. The quantitative estimate of drug-likeness (QED) is 0.658. The lowest BCUT2D eigenvalue weighted by molar-refractivity contribution is -0.384. The topological polar surface area (TPSA) is 84.3 Å². The number of non-ortho nitro benzene ring substituents is 1. The minimum absolute atomic E-state index is 0.103. The van der Waals surface area contributed by atoms with E-state index in [0.29, 0.717) is 6.54 Å². The van der Waals surface area contributed by atoms with Crippen molar-refractivity contribution in [3.63, 3.8) is 0 Å². The molecule has 1 heterocycles. The molecular formula is C15H20ClN3O3. The van der Waals surface area contributed by atoms with Gasteiger partial charge < -0.3 is 10.6 Å². The van der Waals surface area contributed by atoms with Crippen LogP contribution in [0.3, 0.4) is 0 Å². The maximum absolute atomic E-state index is 12.2. The van der Waals surface area contributed by atoms with Crippen LogP contribution in [0.4, 0.5) is 5.69 Å². The van der Waals surface area contributed by atoms with Crippen LogP contribution >= 0.6 is 11.6 Å². The van der Waals surface area contributed by atoms with Gasteiger partial charge in [-0.2, -0.15) is 0 Å². The third-order valence-corrected chi connectivity index (χ3v) is 4.37. The smallest absolute Gasteiger partial charge is 0.271 e. The second kappa shape index (κ2) is 6.62. The van der Waals surface area contributed by atoms with Crippen LogP contribution in [-0.4, -0.2) is 30.0 Å². The van der Waals surface area contributed by atoms with Crippen LogP contribution in [0, 0.1) is 15.5 Å². The van der Waals surface area contributed by atoms with E-state index in [1.54, 1.807) is 0 Å². The van der Waals surface area contributed by atoms with E-state index in [0.717, 1.165) is 19.4 Å². The molecular weight excluding hydrogens is 306 g/mol. The fraction of sp³-hybridized carbons (Fsp3) is 0.533. The number of carbonyl (C=O) groups excluding carboxylic acids is 1. The van der Waals surface area contributed by atoms with E-state index in [9.17, 15) is 14.9 Å². The van der Waals surface area contributed by atoms with E-state index in [2.05, 4.69) is 24.5 Å². The van der Waals surface area contributed by atoms with E-state index in [1.165, 1.54) is 18.2 Å². The van der Waals surface area contributed by atoms with Crippen molar-refractivity contribution in [3.8, 4) is 0 Å². The number of nitrogens with zero attached hydrogens (tertiary/aromatic N) is 1. The SMILES string of the molecule is CC1(C)CCCNC1CNC(=O)c1cc(Cl)cc([N+](=O)[O-])c1. The van der Waals surface area contributed by atoms with Crippen molar-refractivity contribution in [2.75, 3.05) is 13.1 Å². The molecule has 7 heteroatoms. The monoisotopic (exact) mass is 325 g/mol. The Balaban J connectivity index is 2.05. The standard InChI is InChI=1S/C15H20ClN3O3/c1-15(2)4-3-5-17-13(15)9-18-14(20)10-6-11(16)8-12(7-10)19(21)22/h6-8,13,17H,3-5,9H2,1-2H3,(H,18,20). The zero-order chi connectivity index (χ0) is 16.3. The summed E-state index contributed by atoms with van der Waals surface area (Å²) < 4.78 is 0. The zero-order valence-corrected chi connectivity index (χ0v) is 13.4. The number of rotatable bonds is 4. The molecule has 1 aliphatic heterocycles. The number of hydrogen-bond acceptors (Lipinski definition) is 4. The fourth-order valence-corrected chi connectivity index (χ4v) is 2.96. The molecule has 0 saturated carbocycles. The van der Waals surface area contributed by atoms with Gasteiger partial charge in [-0.3, -0.25) is 14.9 Å². The van der Waals surface area contributed by atoms with Crippen LogP contribution in [0.5, 0.6) is 0 Å². The van der Waals surface area contributed by atoms with Gasteiger partial charge in [0.05, 0.1) is 4.92 Å². The molecule has 1 unspecified atom stereocenters. The average molecular weight is 326 g/mol. The van der Waals surface area contributed by atoms with Gasteiger partial charge in [0.2, 0.25) is 0 Å². The van der Waals surface area contributed by atoms with Crippen LogP contribution in [-0.2, 0) is 0 Å². The van der Waals surface area contributed by atoms with Gasteiger partial charge >= 0.3 is 0 Å². The molecule has 2 rings (SSSR count). The highest BCUT2D eigenvalue weighted by atomic mass is 35.5. The Morgan fingerprint density at radius 2 is 2.23 bits per heavy atom. The Kier molecular flexibility index (Phi) is 5.03. The van der Waals surface area contributed by atoms with Crippen molar-refractivity contribution in [1.29, 1.82) is 0 Å². The number of halogens is 1. The van der Waals surface area contributed by atoms with Crippen molar-refractivity contribution < 1.29 is 9.72 Å². The van der Waals surface area contributed by atoms with Crippen LogP contribution in [0.2, 0.25) is 5.02 Å². The summed E-state index contributed by atoms with van der Waals surface area (Å²) in [6.45, 7) is 5.75. The lowest BCUT2D eigenvalue weighted by atomic mass is 9.77.